The van der Waals surface area contributed by atoms with Crippen molar-refractivity contribution in [3.8, 4) is 11.5 Å². The highest BCUT2D eigenvalue weighted by Gasteiger charge is 2.18. The van der Waals surface area contributed by atoms with Crippen LogP contribution in [0.4, 0.5) is 0 Å². The number of aromatic hydroxyl groups is 2. The maximum atomic E-state index is 11.5. The highest BCUT2D eigenvalue weighted by Crippen LogP contribution is 2.23. The highest BCUT2D eigenvalue weighted by molar-refractivity contribution is 5.75. The minimum atomic E-state index is -1.10. The normalized spacial score (nSPS) is 10.7. The number of ketones is 1. The Labute approximate surface area is 234 Å². The summed E-state index contributed by atoms with van der Waals surface area (Å²) in [5.74, 6) is -3.20. The predicted molar refractivity (Wildman–Crippen MR) is 148 cm³/mol. The number of benzene rings is 2. The lowest BCUT2D eigenvalue weighted by Crippen LogP contribution is -2.39. The standard InChI is InChI=1S/C27H34N2O9.C2H6/c1-18(30)2-3-19-4-7-23(31)21(12-19)14-28(16-26(35)36)10-11-29(17-27(37)38)15-22-13-20(5-8-24(22)32)6-9-25(33)34;1-2/h4-5,7-8,12-13,31-32H,2-3,6,9-11,14-17H2,1H3,(H,33,34)(H,35,36)(H,37,38);1-2H3. The molecule has 5 N–H and O–H groups in total. The van der Waals surface area contributed by atoms with Crippen LogP contribution in [0.3, 0.4) is 0 Å². The second-order valence-corrected chi connectivity index (χ2v) is 9.23. The number of phenols is 2. The summed E-state index contributed by atoms with van der Waals surface area (Å²) in [7, 11) is 0. The molecule has 0 bridgehead atoms. The number of carbonyl (C=O) groups excluding carboxylic acids is 1. The number of carboxylic acids is 3. The van der Waals surface area contributed by atoms with E-state index in [4.69, 9.17) is 5.11 Å². The molecule has 2 aromatic rings. The number of carbonyl (C=O) groups is 4. The SMILES string of the molecule is CC.CC(=O)CCc1ccc(O)c(CN(CCN(CC(=O)O)Cc2cc(CCC(=O)O)ccc2O)CC(=O)O)c1. The van der Waals surface area contributed by atoms with E-state index in [1.54, 1.807) is 29.2 Å². The molecule has 0 aromatic heterocycles. The van der Waals surface area contributed by atoms with Crippen LogP contribution in [0.15, 0.2) is 36.4 Å². The summed E-state index contributed by atoms with van der Waals surface area (Å²) in [5.41, 5.74) is 2.42. The summed E-state index contributed by atoms with van der Waals surface area (Å²) in [6.45, 7) is 5.19. The monoisotopic (exact) mass is 560 g/mol. The molecule has 0 saturated carbocycles. The van der Waals surface area contributed by atoms with E-state index in [0.29, 0.717) is 29.5 Å². The van der Waals surface area contributed by atoms with Crippen molar-refractivity contribution in [2.75, 3.05) is 26.2 Å². The minimum Gasteiger partial charge on any atom is -0.508 e. The summed E-state index contributed by atoms with van der Waals surface area (Å²) in [4.78, 5) is 48.3. The lowest BCUT2D eigenvalue weighted by Gasteiger charge is -2.26. The average molecular weight is 561 g/mol. The Bertz CT molecular complexity index is 1060. The third-order valence-corrected chi connectivity index (χ3v) is 5.92. The first-order valence-electron chi connectivity index (χ1n) is 13.1. The molecule has 40 heavy (non-hydrogen) atoms. The van der Waals surface area contributed by atoms with Gasteiger partial charge in [-0.2, -0.15) is 0 Å². The van der Waals surface area contributed by atoms with Crippen molar-refractivity contribution in [2.24, 2.45) is 0 Å². The smallest absolute Gasteiger partial charge is 0.317 e. The van der Waals surface area contributed by atoms with Gasteiger partial charge in [-0.3, -0.25) is 24.2 Å². The number of Topliss-reactive ketones (excluding diaryl/α,β-unsaturated/α-hetero) is 1. The molecule has 0 aliphatic heterocycles. The summed E-state index contributed by atoms with van der Waals surface area (Å²) < 4.78 is 0. The first kappa shape index (κ1) is 34.1. The molecule has 2 aromatic carbocycles. The van der Waals surface area contributed by atoms with E-state index >= 15 is 0 Å². The van der Waals surface area contributed by atoms with Gasteiger partial charge in [0.2, 0.25) is 0 Å². The zero-order valence-corrected chi connectivity index (χ0v) is 23.3. The number of rotatable bonds is 17. The topological polar surface area (TPSA) is 176 Å². The fraction of sp³-hybridized carbons (Fsp3) is 0.448. The maximum Gasteiger partial charge on any atom is 0.317 e. The van der Waals surface area contributed by atoms with Crippen molar-refractivity contribution in [1.82, 2.24) is 9.80 Å². The molecule has 0 amide bonds. The lowest BCUT2D eigenvalue weighted by atomic mass is 10.0. The quantitative estimate of drug-likeness (QED) is 0.192. The molecule has 0 spiro atoms. The minimum absolute atomic E-state index is 0.0162. The Balaban J connectivity index is 0.00000391. The van der Waals surface area contributed by atoms with Gasteiger partial charge in [0.25, 0.3) is 0 Å². The second-order valence-electron chi connectivity index (χ2n) is 9.23. The van der Waals surface area contributed by atoms with Crippen LogP contribution >= 0.6 is 0 Å². The first-order chi connectivity index (χ1) is 18.9. The van der Waals surface area contributed by atoms with Gasteiger partial charge in [-0.05, 0) is 43.0 Å². The molecular weight excluding hydrogens is 520 g/mol. The molecule has 0 aliphatic carbocycles. The van der Waals surface area contributed by atoms with Crippen molar-refractivity contribution < 1.29 is 44.7 Å². The van der Waals surface area contributed by atoms with Crippen LogP contribution in [0, 0.1) is 0 Å². The van der Waals surface area contributed by atoms with Crippen molar-refractivity contribution in [1.29, 1.82) is 0 Å². The molecule has 0 saturated heterocycles. The third kappa shape index (κ3) is 13.2. The van der Waals surface area contributed by atoms with Crippen LogP contribution in [-0.2, 0) is 45.1 Å². The number of phenolic OH excluding ortho intramolecular Hbond substituents is 2. The Kier molecular flexibility index (Phi) is 15.0. The van der Waals surface area contributed by atoms with Gasteiger partial charge in [-0.15, -0.1) is 0 Å². The van der Waals surface area contributed by atoms with Gasteiger partial charge in [0.15, 0.2) is 0 Å². The van der Waals surface area contributed by atoms with E-state index in [2.05, 4.69) is 0 Å². The molecule has 2 rings (SSSR count). The third-order valence-electron chi connectivity index (χ3n) is 5.92. The molecule has 11 heteroatoms. The molecule has 0 aliphatic rings. The average Bonchev–Trinajstić information content (AvgIpc) is 2.88. The van der Waals surface area contributed by atoms with E-state index in [1.165, 1.54) is 24.0 Å². The van der Waals surface area contributed by atoms with Crippen LogP contribution in [0.25, 0.3) is 0 Å². The van der Waals surface area contributed by atoms with Gasteiger partial charge in [0, 0.05) is 50.1 Å². The maximum absolute atomic E-state index is 11.5. The number of hydrogen-bond acceptors (Lipinski definition) is 8. The molecule has 0 fully saturated rings. The van der Waals surface area contributed by atoms with Crippen LogP contribution in [0.1, 0.15) is 55.9 Å². The lowest BCUT2D eigenvalue weighted by molar-refractivity contribution is -0.140. The fourth-order valence-electron chi connectivity index (χ4n) is 3.99. The molecule has 220 valence electrons. The molecule has 11 nitrogen and oxygen atoms in total. The summed E-state index contributed by atoms with van der Waals surface area (Å²) >= 11 is 0. The molecule has 0 heterocycles. The Morgan fingerprint density at radius 3 is 1.40 bits per heavy atom. The summed E-state index contributed by atoms with van der Waals surface area (Å²) in [6, 6.07) is 9.60. The Hall–Kier alpha value is -3.96. The highest BCUT2D eigenvalue weighted by atomic mass is 16.4. The zero-order chi connectivity index (χ0) is 30.2. The Morgan fingerprint density at radius 1 is 0.650 bits per heavy atom. The number of carboxylic acid groups (broad SMARTS) is 3. The van der Waals surface area contributed by atoms with Gasteiger partial charge in [0.05, 0.1) is 13.1 Å². The Morgan fingerprint density at radius 2 is 1.05 bits per heavy atom. The van der Waals surface area contributed by atoms with Crippen LogP contribution in [-0.4, -0.2) is 85.2 Å². The summed E-state index contributed by atoms with van der Waals surface area (Å²) in [6.07, 6.45) is 0.999. The van der Waals surface area contributed by atoms with Crippen molar-refractivity contribution in [2.45, 2.75) is 59.5 Å². The number of nitrogens with zero attached hydrogens (tertiary/aromatic N) is 2. The molecule has 0 unspecified atom stereocenters. The van der Waals surface area contributed by atoms with E-state index in [0.717, 1.165) is 5.56 Å². The van der Waals surface area contributed by atoms with E-state index < -0.39 is 17.9 Å². The van der Waals surface area contributed by atoms with Crippen molar-refractivity contribution in [3.05, 3.63) is 58.7 Å². The predicted octanol–water partition coefficient (Wildman–Crippen LogP) is 3.14. The van der Waals surface area contributed by atoms with Crippen molar-refractivity contribution in [3.63, 3.8) is 0 Å². The molecule has 0 atom stereocenters. The number of aliphatic carboxylic acids is 3. The number of aryl methyl sites for hydroxylation is 2. The van der Waals surface area contributed by atoms with E-state index in [9.17, 15) is 39.6 Å². The van der Waals surface area contributed by atoms with Gasteiger partial charge < -0.3 is 30.3 Å². The van der Waals surface area contributed by atoms with Gasteiger partial charge >= 0.3 is 17.9 Å². The number of hydrogen-bond donors (Lipinski definition) is 5. The van der Waals surface area contributed by atoms with E-state index in [1.807, 2.05) is 13.8 Å². The van der Waals surface area contributed by atoms with Crippen LogP contribution in [0.5, 0.6) is 11.5 Å². The van der Waals surface area contributed by atoms with Gasteiger partial charge in [0.1, 0.15) is 17.3 Å². The molecule has 0 radical (unpaired) electrons. The largest absolute Gasteiger partial charge is 0.508 e. The van der Waals surface area contributed by atoms with Crippen LogP contribution < -0.4 is 0 Å². The zero-order valence-electron chi connectivity index (χ0n) is 23.3. The molecular formula is C29H40N2O9. The van der Waals surface area contributed by atoms with Gasteiger partial charge in [-0.25, -0.2) is 0 Å². The van der Waals surface area contributed by atoms with Gasteiger partial charge in [-0.1, -0.05) is 38.1 Å². The van der Waals surface area contributed by atoms with Crippen molar-refractivity contribution >= 4 is 23.7 Å². The van der Waals surface area contributed by atoms with Crippen LogP contribution in [0.2, 0.25) is 0 Å². The first-order valence-corrected chi connectivity index (χ1v) is 13.1. The van der Waals surface area contributed by atoms with E-state index in [-0.39, 0.29) is 69.4 Å². The summed E-state index contributed by atoms with van der Waals surface area (Å²) in [5, 5.41) is 48.3. The fourth-order valence-corrected chi connectivity index (χ4v) is 3.99. The second kappa shape index (κ2) is 17.6.